The van der Waals surface area contributed by atoms with Gasteiger partial charge in [-0.2, -0.15) is 0 Å². The van der Waals surface area contributed by atoms with Crippen molar-refractivity contribution in [3.63, 3.8) is 0 Å². The highest BCUT2D eigenvalue weighted by atomic mass is 35.5. The fraction of sp³-hybridized carbons (Fsp3) is 0. The number of H-pyrrole nitrogens is 1. The Morgan fingerprint density at radius 3 is 2.89 bits per heavy atom. The molecule has 1 amide bonds. The van der Waals surface area contributed by atoms with E-state index in [4.69, 9.17) is 11.6 Å². The first kappa shape index (κ1) is 12.1. The van der Waals surface area contributed by atoms with Crippen molar-refractivity contribution in [2.24, 2.45) is 0 Å². The van der Waals surface area contributed by atoms with E-state index in [1.807, 2.05) is 0 Å². The normalized spacial score (nSPS) is 10.1. The highest BCUT2D eigenvalue weighted by Crippen LogP contribution is 2.09. The highest BCUT2D eigenvalue weighted by Gasteiger charge is 2.09. The summed E-state index contributed by atoms with van der Waals surface area (Å²) in [6.45, 7) is 0. The molecule has 0 aliphatic rings. The highest BCUT2D eigenvalue weighted by molar-refractivity contribution is 6.28. The summed E-state index contributed by atoms with van der Waals surface area (Å²) in [5.74, 6) is -0.792. The van der Waals surface area contributed by atoms with Crippen LogP contribution in [0.25, 0.3) is 0 Å². The van der Waals surface area contributed by atoms with Crippen molar-refractivity contribution in [3.05, 3.63) is 45.6 Å². The molecular weight excluding hydrogens is 260 g/mol. The van der Waals surface area contributed by atoms with Gasteiger partial charge in [-0.25, -0.2) is 9.97 Å². The Bertz CT molecular complexity index is 656. The number of halogens is 1. The number of carbonyl (C=O) groups is 1. The molecule has 0 spiro atoms. The van der Waals surface area contributed by atoms with Crippen molar-refractivity contribution in [1.82, 2.24) is 15.0 Å². The first-order valence-corrected chi connectivity index (χ1v) is 5.15. The molecule has 2 aromatic heterocycles. The van der Waals surface area contributed by atoms with Crippen LogP contribution in [0.1, 0.15) is 10.4 Å². The van der Waals surface area contributed by atoms with Gasteiger partial charge in [0.1, 0.15) is 5.82 Å². The van der Waals surface area contributed by atoms with Gasteiger partial charge in [-0.05, 0) is 17.7 Å². The van der Waals surface area contributed by atoms with Gasteiger partial charge in [0.25, 0.3) is 11.5 Å². The average Bonchev–Trinajstić information content (AvgIpc) is 2.27. The summed E-state index contributed by atoms with van der Waals surface area (Å²) >= 11 is 5.56. The molecule has 0 saturated heterocycles. The van der Waals surface area contributed by atoms with E-state index in [1.54, 1.807) is 0 Å². The lowest BCUT2D eigenvalue weighted by molar-refractivity contribution is 0.102. The predicted molar refractivity (Wildman–Crippen MR) is 63.7 cm³/mol. The van der Waals surface area contributed by atoms with E-state index in [2.05, 4.69) is 20.3 Å². The summed E-state index contributed by atoms with van der Waals surface area (Å²) in [5, 5.41) is 11.6. The van der Waals surface area contributed by atoms with Crippen molar-refractivity contribution in [1.29, 1.82) is 0 Å². The summed E-state index contributed by atoms with van der Waals surface area (Å²) in [5.41, 5.74) is -0.577. The maximum atomic E-state index is 11.8. The fourth-order valence-electron chi connectivity index (χ4n) is 1.25. The van der Waals surface area contributed by atoms with Crippen molar-refractivity contribution >= 4 is 23.3 Å². The number of carbonyl (C=O) groups excluding carboxylic acids is 1. The fourth-order valence-corrected chi connectivity index (χ4v) is 1.40. The first-order chi connectivity index (χ1) is 8.54. The van der Waals surface area contributed by atoms with Crippen LogP contribution >= 0.6 is 11.6 Å². The van der Waals surface area contributed by atoms with Gasteiger partial charge in [-0.15, -0.1) is 0 Å². The molecule has 2 rings (SSSR count). The maximum Gasteiger partial charge on any atom is 0.257 e. The molecule has 2 aromatic rings. The molecule has 0 fully saturated rings. The Labute approximate surface area is 105 Å². The van der Waals surface area contributed by atoms with Gasteiger partial charge in [0, 0.05) is 18.3 Å². The van der Waals surface area contributed by atoms with Gasteiger partial charge in [0.2, 0.25) is 5.28 Å². The van der Waals surface area contributed by atoms with Crippen molar-refractivity contribution in [2.75, 3.05) is 5.32 Å². The molecule has 7 nitrogen and oxygen atoms in total. The summed E-state index contributed by atoms with van der Waals surface area (Å²) in [7, 11) is 0. The number of aromatic hydroxyl groups is 1. The van der Waals surface area contributed by atoms with E-state index in [9.17, 15) is 14.7 Å². The summed E-state index contributed by atoms with van der Waals surface area (Å²) in [6, 6.07) is 3.62. The van der Waals surface area contributed by atoms with Crippen LogP contribution in [0.4, 0.5) is 5.82 Å². The number of pyridine rings is 1. The zero-order chi connectivity index (χ0) is 13.1. The molecular formula is C10H7ClN4O3. The quantitative estimate of drug-likeness (QED) is 0.696. The number of anilines is 1. The van der Waals surface area contributed by atoms with E-state index in [-0.39, 0.29) is 16.7 Å². The van der Waals surface area contributed by atoms with Crippen LogP contribution in [0.5, 0.6) is 5.88 Å². The molecule has 0 radical (unpaired) electrons. The number of rotatable bonds is 2. The Kier molecular flexibility index (Phi) is 3.24. The lowest BCUT2D eigenvalue weighted by atomic mass is 10.2. The molecule has 0 aliphatic heterocycles. The Balaban J connectivity index is 2.24. The van der Waals surface area contributed by atoms with E-state index >= 15 is 0 Å². The van der Waals surface area contributed by atoms with Gasteiger partial charge in [0.15, 0.2) is 5.88 Å². The zero-order valence-electron chi connectivity index (χ0n) is 8.85. The Morgan fingerprint density at radius 2 is 2.22 bits per heavy atom. The van der Waals surface area contributed by atoms with Crippen molar-refractivity contribution < 1.29 is 9.90 Å². The van der Waals surface area contributed by atoms with Crippen LogP contribution in [0.2, 0.25) is 5.28 Å². The van der Waals surface area contributed by atoms with Gasteiger partial charge in [-0.3, -0.25) is 14.6 Å². The minimum absolute atomic E-state index is 0.00554. The molecule has 2 heterocycles. The van der Waals surface area contributed by atoms with Crippen molar-refractivity contribution in [3.8, 4) is 5.88 Å². The van der Waals surface area contributed by atoms with Gasteiger partial charge in [-0.1, -0.05) is 0 Å². The number of aromatic amines is 1. The molecule has 0 bridgehead atoms. The zero-order valence-corrected chi connectivity index (χ0v) is 9.60. The largest absolute Gasteiger partial charge is 0.494 e. The summed E-state index contributed by atoms with van der Waals surface area (Å²) in [4.78, 5) is 32.4. The third-order valence-corrected chi connectivity index (χ3v) is 2.14. The minimum Gasteiger partial charge on any atom is -0.494 e. The average molecular weight is 267 g/mol. The van der Waals surface area contributed by atoms with Gasteiger partial charge < -0.3 is 10.4 Å². The summed E-state index contributed by atoms with van der Waals surface area (Å²) in [6.07, 6.45) is 1.38. The molecule has 92 valence electrons. The number of amides is 1. The van der Waals surface area contributed by atoms with Crippen LogP contribution in [-0.2, 0) is 0 Å². The van der Waals surface area contributed by atoms with Crippen LogP contribution in [0.3, 0.4) is 0 Å². The number of aromatic nitrogens is 3. The van der Waals surface area contributed by atoms with E-state index in [1.165, 1.54) is 12.3 Å². The van der Waals surface area contributed by atoms with Gasteiger partial charge in [0.05, 0.1) is 5.56 Å². The Hall–Kier alpha value is -2.41. The molecule has 8 heteroatoms. The van der Waals surface area contributed by atoms with Crippen molar-refractivity contribution in [2.45, 2.75) is 0 Å². The standard InChI is InChI=1S/C10H7ClN4O3/c11-10-12-2-1-6(14-10)13-9(18)5-3-7(16)15-8(17)4-5/h1-4H,(H2,15,16,17)(H,12,13,14,18). The lowest BCUT2D eigenvalue weighted by Gasteiger charge is -2.04. The Morgan fingerprint density at radius 1 is 1.44 bits per heavy atom. The topological polar surface area (TPSA) is 108 Å². The maximum absolute atomic E-state index is 11.8. The number of hydrogen-bond donors (Lipinski definition) is 3. The number of nitrogens with zero attached hydrogens (tertiary/aromatic N) is 2. The van der Waals surface area contributed by atoms with Crippen LogP contribution < -0.4 is 10.9 Å². The lowest BCUT2D eigenvalue weighted by Crippen LogP contribution is -2.16. The van der Waals surface area contributed by atoms with E-state index < -0.39 is 17.3 Å². The second-order valence-electron chi connectivity index (χ2n) is 3.28. The molecule has 0 saturated carbocycles. The predicted octanol–water partition coefficient (Wildman–Crippen LogP) is 0.776. The first-order valence-electron chi connectivity index (χ1n) is 4.78. The third kappa shape index (κ3) is 2.83. The number of hydrogen-bond acceptors (Lipinski definition) is 5. The van der Waals surface area contributed by atoms with Crippen LogP contribution in [0.15, 0.2) is 29.2 Å². The second kappa shape index (κ2) is 4.84. The van der Waals surface area contributed by atoms with Gasteiger partial charge >= 0.3 is 0 Å². The molecule has 0 unspecified atom stereocenters. The molecule has 0 atom stereocenters. The third-order valence-electron chi connectivity index (χ3n) is 1.96. The molecule has 18 heavy (non-hydrogen) atoms. The smallest absolute Gasteiger partial charge is 0.257 e. The molecule has 0 aromatic carbocycles. The summed E-state index contributed by atoms with van der Waals surface area (Å²) < 4.78 is 0. The van der Waals surface area contributed by atoms with Crippen LogP contribution in [-0.4, -0.2) is 26.0 Å². The monoisotopic (exact) mass is 266 g/mol. The molecule has 3 N–H and O–H groups in total. The van der Waals surface area contributed by atoms with E-state index in [0.29, 0.717) is 0 Å². The number of nitrogens with one attached hydrogen (secondary N) is 2. The van der Waals surface area contributed by atoms with E-state index in [0.717, 1.165) is 12.1 Å². The van der Waals surface area contributed by atoms with Crippen LogP contribution in [0, 0.1) is 0 Å². The second-order valence-corrected chi connectivity index (χ2v) is 3.62. The minimum atomic E-state index is -0.592. The SMILES string of the molecule is O=C(Nc1ccnc(Cl)n1)c1cc(O)[nH]c(=O)c1. The molecule has 0 aliphatic carbocycles.